The Bertz CT molecular complexity index is 905. The number of hydrogen-bond donors (Lipinski definition) is 1. The first kappa shape index (κ1) is 15.4. The van der Waals surface area contributed by atoms with Gasteiger partial charge in [-0.25, -0.2) is 0 Å². The number of pyridine rings is 1. The monoisotopic (exact) mass is 391 g/mol. The number of aryl methyl sites for hydroxylation is 1. The molecule has 1 aromatic carbocycles. The lowest BCUT2D eigenvalue weighted by Crippen LogP contribution is -2.29. The second-order valence-electron chi connectivity index (χ2n) is 5.88. The first-order chi connectivity index (χ1) is 11.5. The van der Waals surface area contributed by atoms with Crippen LogP contribution in [0.5, 0.6) is 11.5 Å². The smallest absolute Gasteiger partial charge is 0.312 e. The van der Waals surface area contributed by atoms with Crippen molar-refractivity contribution in [2.75, 3.05) is 6.79 Å². The first-order valence-electron chi connectivity index (χ1n) is 7.50. The molecule has 2 aliphatic rings. The van der Waals surface area contributed by atoms with Crippen LogP contribution in [0, 0.1) is 6.92 Å². The Morgan fingerprint density at radius 3 is 2.92 bits per heavy atom. The third kappa shape index (κ3) is 2.53. The third-order valence-electron chi connectivity index (χ3n) is 4.19. The average molecular weight is 392 g/mol. The number of halogens is 1. The minimum Gasteiger partial charge on any atom is -0.467 e. The maximum absolute atomic E-state index is 12.5. The number of hydrogen-bond acceptors (Lipinski definition) is 5. The molecule has 0 saturated carbocycles. The zero-order valence-corrected chi connectivity index (χ0v) is 14.4. The van der Waals surface area contributed by atoms with Crippen molar-refractivity contribution in [3.63, 3.8) is 0 Å². The molecule has 1 atom stereocenters. The van der Waals surface area contributed by atoms with Gasteiger partial charge in [0, 0.05) is 33.3 Å². The molecule has 3 heterocycles. The molecule has 2 aliphatic heterocycles. The van der Waals surface area contributed by atoms with Crippen molar-refractivity contribution < 1.29 is 19.0 Å². The van der Waals surface area contributed by atoms with Crippen LogP contribution in [0.3, 0.4) is 0 Å². The number of H-pyrrole nitrogens is 1. The lowest BCUT2D eigenvalue weighted by Gasteiger charge is -2.28. The summed E-state index contributed by atoms with van der Waals surface area (Å²) in [6.45, 7) is 2.33. The molecule has 0 amide bonds. The van der Waals surface area contributed by atoms with E-state index in [0.29, 0.717) is 29.4 Å². The Morgan fingerprint density at radius 1 is 1.25 bits per heavy atom. The Kier molecular flexibility index (Phi) is 3.69. The zero-order valence-electron chi connectivity index (χ0n) is 12.8. The van der Waals surface area contributed by atoms with Gasteiger partial charge in [-0.1, -0.05) is 15.9 Å². The SMILES string of the molecule is Cc1cc2c(c(=O)[nH]1)[C@H](c1cc(Br)cc3c1OCOC3)CC(=O)O2. The molecular formula is C17H14BrNO5. The molecule has 7 heteroatoms. The van der Waals surface area contributed by atoms with Crippen LogP contribution >= 0.6 is 15.9 Å². The van der Waals surface area contributed by atoms with Crippen LogP contribution in [0.25, 0.3) is 0 Å². The van der Waals surface area contributed by atoms with E-state index in [-0.39, 0.29) is 24.7 Å². The number of rotatable bonds is 1. The maximum Gasteiger partial charge on any atom is 0.312 e. The van der Waals surface area contributed by atoms with E-state index in [1.165, 1.54) is 0 Å². The number of aromatic amines is 1. The molecule has 4 rings (SSSR count). The minimum atomic E-state index is -0.421. The number of nitrogens with one attached hydrogen (secondary N) is 1. The largest absolute Gasteiger partial charge is 0.467 e. The fourth-order valence-corrected chi connectivity index (χ4v) is 3.77. The molecule has 0 fully saturated rings. The molecule has 0 unspecified atom stereocenters. The summed E-state index contributed by atoms with van der Waals surface area (Å²) in [6, 6.07) is 5.48. The average Bonchev–Trinajstić information content (AvgIpc) is 2.52. The summed E-state index contributed by atoms with van der Waals surface area (Å²) in [7, 11) is 0. The van der Waals surface area contributed by atoms with Crippen molar-refractivity contribution in [3.8, 4) is 11.5 Å². The van der Waals surface area contributed by atoms with Gasteiger partial charge in [0.25, 0.3) is 5.56 Å². The lowest BCUT2D eigenvalue weighted by atomic mass is 9.85. The molecular weight excluding hydrogens is 378 g/mol. The molecule has 0 bridgehead atoms. The minimum absolute atomic E-state index is 0.0895. The van der Waals surface area contributed by atoms with Crippen LogP contribution in [-0.2, 0) is 16.1 Å². The first-order valence-corrected chi connectivity index (χ1v) is 8.29. The summed E-state index contributed by atoms with van der Waals surface area (Å²) in [4.78, 5) is 27.4. The topological polar surface area (TPSA) is 77.6 Å². The second kappa shape index (κ2) is 5.75. The number of aromatic nitrogens is 1. The van der Waals surface area contributed by atoms with E-state index >= 15 is 0 Å². The van der Waals surface area contributed by atoms with E-state index in [1.807, 2.05) is 12.1 Å². The fourth-order valence-electron chi connectivity index (χ4n) is 3.25. The van der Waals surface area contributed by atoms with Crippen LogP contribution in [0.4, 0.5) is 0 Å². The quantitative estimate of drug-likeness (QED) is 0.756. The van der Waals surface area contributed by atoms with Crippen LogP contribution in [-0.4, -0.2) is 17.7 Å². The van der Waals surface area contributed by atoms with E-state index in [1.54, 1.807) is 13.0 Å². The van der Waals surface area contributed by atoms with Gasteiger partial charge in [0.2, 0.25) is 0 Å². The standard InChI is InChI=1S/C17H14BrNO5/c1-8-2-13-15(17(21)19-8)11(5-14(20)24-13)12-4-10(18)3-9-6-22-7-23-16(9)12/h2-4,11H,5-7H2,1H3,(H,19,21)/t11-/m0/s1. The highest BCUT2D eigenvalue weighted by molar-refractivity contribution is 9.10. The van der Waals surface area contributed by atoms with Crippen LogP contribution in [0.15, 0.2) is 27.5 Å². The van der Waals surface area contributed by atoms with Crippen molar-refractivity contribution >= 4 is 21.9 Å². The summed E-state index contributed by atoms with van der Waals surface area (Å²) >= 11 is 3.48. The predicted octanol–water partition coefficient (Wildman–Crippen LogP) is 2.75. The second-order valence-corrected chi connectivity index (χ2v) is 6.80. The highest BCUT2D eigenvalue weighted by Crippen LogP contribution is 2.43. The summed E-state index contributed by atoms with van der Waals surface area (Å²) < 4.78 is 17.1. The zero-order chi connectivity index (χ0) is 16.8. The van der Waals surface area contributed by atoms with E-state index in [2.05, 4.69) is 20.9 Å². The molecule has 24 heavy (non-hydrogen) atoms. The van der Waals surface area contributed by atoms with E-state index in [4.69, 9.17) is 14.2 Å². The van der Waals surface area contributed by atoms with E-state index in [0.717, 1.165) is 15.6 Å². The van der Waals surface area contributed by atoms with Crippen LogP contribution < -0.4 is 15.0 Å². The van der Waals surface area contributed by atoms with Gasteiger partial charge in [-0.05, 0) is 19.1 Å². The van der Waals surface area contributed by atoms with Gasteiger partial charge in [0.1, 0.15) is 11.5 Å². The van der Waals surface area contributed by atoms with Crippen molar-refractivity contribution in [1.82, 2.24) is 4.98 Å². The van der Waals surface area contributed by atoms with Gasteiger partial charge >= 0.3 is 5.97 Å². The number of benzene rings is 1. The Morgan fingerprint density at radius 2 is 2.08 bits per heavy atom. The Hall–Kier alpha value is -2.12. The Labute approximate surface area is 145 Å². The van der Waals surface area contributed by atoms with Gasteiger partial charge in [0.05, 0.1) is 18.6 Å². The maximum atomic E-state index is 12.5. The molecule has 0 radical (unpaired) electrons. The highest BCUT2D eigenvalue weighted by atomic mass is 79.9. The van der Waals surface area contributed by atoms with Crippen molar-refractivity contribution in [2.45, 2.75) is 25.9 Å². The van der Waals surface area contributed by atoms with E-state index < -0.39 is 5.92 Å². The summed E-state index contributed by atoms with van der Waals surface area (Å²) in [5.41, 5.74) is 2.52. The lowest BCUT2D eigenvalue weighted by molar-refractivity contribution is -0.135. The number of carbonyl (C=O) groups excluding carboxylic acids is 1. The molecule has 124 valence electrons. The molecule has 0 saturated heterocycles. The molecule has 1 N–H and O–H groups in total. The van der Waals surface area contributed by atoms with Crippen molar-refractivity contribution in [1.29, 1.82) is 0 Å². The molecule has 0 aliphatic carbocycles. The number of fused-ring (bicyclic) bond motifs is 2. The molecule has 0 spiro atoms. The third-order valence-corrected chi connectivity index (χ3v) is 4.65. The van der Waals surface area contributed by atoms with Crippen molar-refractivity contribution in [2.24, 2.45) is 0 Å². The van der Waals surface area contributed by atoms with Gasteiger partial charge < -0.3 is 19.2 Å². The number of esters is 1. The molecule has 2 aromatic rings. The summed E-state index contributed by atoms with van der Waals surface area (Å²) in [5, 5.41) is 0. The normalized spacial score (nSPS) is 19.1. The predicted molar refractivity (Wildman–Crippen MR) is 88.3 cm³/mol. The van der Waals surface area contributed by atoms with Gasteiger partial charge in [-0.3, -0.25) is 9.59 Å². The van der Waals surface area contributed by atoms with Crippen LogP contribution in [0.1, 0.15) is 34.7 Å². The number of carbonyl (C=O) groups is 1. The van der Waals surface area contributed by atoms with E-state index in [9.17, 15) is 9.59 Å². The summed E-state index contributed by atoms with van der Waals surface area (Å²) in [5.74, 6) is 0.210. The van der Waals surface area contributed by atoms with Gasteiger partial charge in [0.15, 0.2) is 6.79 Å². The van der Waals surface area contributed by atoms with Gasteiger partial charge in [-0.15, -0.1) is 0 Å². The number of ether oxygens (including phenoxy) is 3. The molecule has 1 aromatic heterocycles. The molecule has 6 nitrogen and oxygen atoms in total. The van der Waals surface area contributed by atoms with Gasteiger partial charge in [-0.2, -0.15) is 0 Å². The van der Waals surface area contributed by atoms with Crippen LogP contribution in [0.2, 0.25) is 0 Å². The van der Waals surface area contributed by atoms with Crippen molar-refractivity contribution in [3.05, 3.63) is 55.4 Å². The Balaban J connectivity index is 1.94. The fraction of sp³-hybridized carbons (Fsp3) is 0.294. The highest BCUT2D eigenvalue weighted by Gasteiger charge is 2.34. The summed E-state index contributed by atoms with van der Waals surface area (Å²) in [6.07, 6.45) is 0.0895.